The Bertz CT molecular complexity index is 719. The zero-order valence-electron chi connectivity index (χ0n) is 13.0. The van der Waals surface area contributed by atoms with Crippen molar-refractivity contribution in [3.8, 4) is 0 Å². The molecule has 3 rings (SSSR count). The molecule has 2 amide bonds. The number of carbonyl (C=O) groups is 1. The second kappa shape index (κ2) is 6.64. The monoisotopic (exact) mass is 314 g/mol. The van der Waals surface area contributed by atoms with Crippen LogP contribution in [0.5, 0.6) is 0 Å². The van der Waals surface area contributed by atoms with Crippen molar-refractivity contribution in [2.45, 2.75) is 19.9 Å². The first-order valence-electron chi connectivity index (χ1n) is 7.70. The highest BCUT2D eigenvalue weighted by Crippen LogP contribution is 2.31. The first-order valence-corrected chi connectivity index (χ1v) is 7.70. The molecule has 0 atom stereocenters. The summed E-state index contributed by atoms with van der Waals surface area (Å²) in [6, 6.07) is 8.76. The van der Waals surface area contributed by atoms with Gasteiger partial charge in [-0.15, -0.1) is 0 Å². The number of anilines is 2. The number of hydrogen-bond donors (Lipinski definition) is 2. The Morgan fingerprint density at radius 1 is 1.39 bits per heavy atom. The number of amides is 2. The van der Waals surface area contributed by atoms with Crippen molar-refractivity contribution in [1.82, 2.24) is 10.3 Å². The zero-order chi connectivity index (χ0) is 16.2. The third-order valence-corrected chi connectivity index (χ3v) is 3.85. The highest BCUT2D eigenvalue weighted by atomic mass is 19.1. The van der Waals surface area contributed by atoms with Gasteiger partial charge in [0.05, 0.1) is 17.9 Å². The fraction of sp³-hybridized carbons (Fsp3) is 0.294. The van der Waals surface area contributed by atoms with E-state index in [0.717, 1.165) is 23.4 Å². The topological polar surface area (TPSA) is 57.3 Å². The van der Waals surface area contributed by atoms with Gasteiger partial charge >= 0.3 is 6.03 Å². The minimum absolute atomic E-state index is 0.0841. The average Bonchev–Trinajstić information content (AvgIpc) is 2.97. The molecule has 23 heavy (non-hydrogen) atoms. The van der Waals surface area contributed by atoms with E-state index in [0.29, 0.717) is 25.3 Å². The zero-order valence-corrected chi connectivity index (χ0v) is 13.0. The van der Waals surface area contributed by atoms with Crippen LogP contribution in [0.1, 0.15) is 18.2 Å². The molecule has 1 aliphatic rings. The van der Waals surface area contributed by atoms with Gasteiger partial charge in [-0.25, -0.2) is 9.18 Å². The number of carbonyl (C=O) groups excluding carboxylic acids is 1. The fourth-order valence-electron chi connectivity index (χ4n) is 2.68. The van der Waals surface area contributed by atoms with Gasteiger partial charge in [0.15, 0.2) is 0 Å². The Kier molecular flexibility index (Phi) is 4.41. The van der Waals surface area contributed by atoms with E-state index in [2.05, 4.69) is 15.6 Å². The summed E-state index contributed by atoms with van der Waals surface area (Å²) in [5, 5.41) is 5.98. The Morgan fingerprint density at radius 3 is 3.04 bits per heavy atom. The Balaban J connectivity index is 1.74. The van der Waals surface area contributed by atoms with E-state index in [1.165, 1.54) is 6.07 Å². The lowest BCUT2D eigenvalue weighted by Gasteiger charge is -2.18. The van der Waals surface area contributed by atoms with Gasteiger partial charge in [-0.2, -0.15) is 0 Å². The third-order valence-electron chi connectivity index (χ3n) is 3.85. The molecular formula is C17H19FN4O. The summed E-state index contributed by atoms with van der Waals surface area (Å²) in [4.78, 5) is 17.8. The molecule has 0 radical (unpaired) electrons. The molecule has 1 aliphatic heterocycles. The molecule has 6 heteroatoms. The van der Waals surface area contributed by atoms with E-state index in [1.807, 2.05) is 25.1 Å². The van der Waals surface area contributed by atoms with Crippen molar-refractivity contribution in [2.75, 3.05) is 23.3 Å². The fourth-order valence-corrected chi connectivity index (χ4v) is 2.68. The van der Waals surface area contributed by atoms with Crippen LogP contribution >= 0.6 is 0 Å². The summed E-state index contributed by atoms with van der Waals surface area (Å²) >= 11 is 0. The molecule has 1 aromatic heterocycles. The van der Waals surface area contributed by atoms with E-state index in [1.54, 1.807) is 17.2 Å². The first kappa shape index (κ1) is 15.3. The minimum atomic E-state index is -0.329. The summed E-state index contributed by atoms with van der Waals surface area (Å²) in [5.74, 6) is -0.329. The molecule has 1 aromatic carbocycles. The van der Waals surface area contributed by atoms with Crippen LogP contribution in [0.3, 0.4) is 0 Å². The van der Waals surface area contributed by atoms with Gasteiger partial charge in [0.25, 0.3) is 0 Å². The summed E-state index contributed by atoms with van der Waals surface area (Å²) in [6.45, 7) is 3.47. The van der Waals surface area contributed by atoms with Gasteiger partial charge in [-0.1, -0.05) is 6.07 Å². The molecular weight excluding hydrogens is 295 g/mol. The maximum Gasteiger partial charge on any atom is 0.321 e. The molecule has 0 aliphatic carbocycles. The molecule has 2 heterocycles. The summed E-state index contributed by atoms with van der Waals surface area (Å²) in [5.41, 5.74) is 3.26. The molecule has 0 saturated heterocycles. The molecule has 0 spiro atoms. The number of rotatable bonds is 4. The van der Waals surface area contributed by atoms with Gasteiger partial charge in [0, 0.05) is 25.0 Å². The van der Waals surface area contributed by atoms with Crippen LogP contribution in [0.4, 0.5) is 20.6 Å². The number of pyridine rings is 1. The van der Waals surface area contributed by atoms with Crippen LogP contribution in [0.15, 0.2) is 36.5 Å². The molecule has 2 N–H and O–H groups in total. The largest absolute Gasteiger partial charge is 0.379 e. The molecule has 0 saturated carbocycles. The lowest BCUT2D eigenvalue weighted by Crippen LogP contribution is -2.38. The molecule has 120 valence electrons. The number of urea groups is 1. The number of benzene rings is 1. The van der Waals surface area contributed by atoms with Gasteiger partial charge in [-0.3, -0.25) is 9.88 Å². The maximum atomic E-state index is 13.6. The van der Waals surface area contributed by atoms with Crippen LogP contribution in [0.25, 0.3) is 0 Å². The van der Waals surface area contributed by atoms with Crippen molar-refractivity contribution >= 4 is 17.4 Å². The van der Waals surface area contributed by atoms with E-state index in [-0.39, 0.29) is 11.8 Å². The number of hydrogen-bond acceptors (Lipinski definition) is 3. The number of nitrogens with one attached hydrogen (secondary N) is 2. The number of halogens is 1. The highest BCUT2D eigenvalue weighted by Gasteiger charge is 2.24. The van der Waals surface area contributed by atoms with E-state index in [4.69, 9.17) is 0 Å². The van der Waals surface area contributed by atoms with Crippen molar-refractivity contribution in [3.05, 3.63) is 53.6 Å². The Labute approximate surface area is 134 Å². The molecule has 2 aromatic rings. The minimum Gasteiger partial charge on any atom is -0.379 e. The number of fused-ring (bicyclic) bond motifs is 1. The van der Waals surface area contributed by atoms with Gasteiger partial charge in [0.1, 0.15) is 5.82 Å². The first-order chi connectivity index (χ1) is 11.2. The quantitative estimate of drug-likeness (QED) is 0.912. The van der Waals surface area contributed by atoms with E-state index >= 15 is 0 Å². The lowest BCUT2D eigenvalue weighted by molar-refractivity contribution is 0.247. The van der Waals surface area contributed by atoms with Gasteiger partial charge in [-0.05, 0) is 43.2 Å². The number of nitrogens with zero attached hydrogens (tertiary/aromatic N) is 2. The third kappa shape index (κ3) is 3.26. The summed E-state index contributed by atoms with van der Waals surface area (Å²) in [6.07, 6.45) is 2.42. The van der Waals surface area contributed by atoms with Crippen LogP contribution in [-0.2, 0) is 13.0 Å². The second-order valence-electron chi connectivity index (χ2n) is 5.37. The van der Waals surface area contributed by atoms with Gasteiger partial charge < -0.3 is 10.6 Å². The van der Waals surface area contributed by atoms with E-state index in [9.17, 15) is 9.18 Å². The molecule has 0 bridgehead atoms. The van der Waals surface area contributed by atoms with Crippen LogP contribution < -0.4 is 15.5 Å². The van der Waals surface area contributed by atoms with Crippen molar-refractivity contribution in [1.29, 1.82) is 0 Å². The molecule has 0 unspecified atom stereocenters. The predicted octanol–water partition coefficient (Wildman–Crippen LogP) is 2.92. The van der Waals surface area contributed by atoms with Gasteiger partial charge in [0.2, 0.25) is 0 Å². The molecule has 5 nitrogen and oxygen atoms in total. The highest BCUT2D eigenvalue weighted by molar-refractivity contribution is 5.94. The Morgan fingerprint density at radius 2 is 2.26 bits per heavy atom. The maximum absolute atomic E-state index is 13.6. The van der Waals surface area contributed by atoms with Crippen molar-refractivity contribution in [2.24, 2.45) is 0 Å². The normalized spacial score (nSPS) is 12.9. The van der Waals surface area contributed by atoms with Crippen LogP contribution in [0, 0.1) is 5.82 Å². The summed E-state index contributed by atoms with van der Waals surface area (Å²) in [7, 11) is 0. The standard InChI is InChI=1S/C17H19FN4O/c1-2-19-17(23)22-9-7-12-5-6-13(10-16(12)22)21-11-15-14(18)4-3-8-20-15/h3-6,8,10,21H,2,7,9,11H2,1H3,(H,19,23). The second-order valence-corrected chi connectivity index (χ2v) is 5.37. The van der Waals surface area contributed by atoms with Crippen molar-refractivity contribution < 1.29 is 9.18 Å². The summed E-state index contributed by atoms with van der Waals surface area (Å²) < 4.78 is 13.6. The SMILES string of the molecule is CCNC(=O)N1CCc2ccc(NCc3ncccc3F)cc21. The molecule has 0 fully saturated rings. The van der Waals surface area contributed by atoms with Crippen LogP contribution in [0.2, 0.25) is 0 Å². The average molecular weight is 314 g/mol. The van der Waals surface area contributed by atoms with E-state index < -0.39 is 0 Å². The number of aromatic nitrogens is 1. The van der Waals surface area contributed by atoms with Crippen molar-refractivity contribution in [3.63, 3.8) is 0 Å². The Hall–Kier alpha value is -2.63. The van der Waals surface area contributed by atoms with Crippen LogP contribution in [-0.4, -0.2) is 24.1 Å². The smallest absolute Gasteiger partial charge is 0.321 e. The lowest BCUT2D eigenvalue weighted by atomic mass is 10.1. The predicted molar refractivity (Wildman–Crippen MR) is 88.1 cm³/mol.